The van der Waals surface area contributed by atoms with Crippen molar-refractivity contribution in [3.05, 3.63) is 58.7 Å². The van der Waals surface area contributed by atoms with Crippen molar-refractivity contribution < 1.29 is 13.6 Å². The van der Waals surface area contributed by atoms with Crippen molar-refractivity contribution in [1.29, 1.82) is 0 Å². The van der Waals surface area contributed by atoms with Crippen LogP contribution in [0.2, 0.25) is 0 Å². The third kappa shape index (κ3) is 3.00. The number of hydrogen-bond acceptors (Lipinski definition) is 2. The van der Waals surface area contributed by atoms with E-state index in [2.05, 4.69) is 0 Å². The molecule has 0 aliphatic carbocycles. The Morgan fingerprint density at radius 3 is 2.38 bits per heavy atom. The van der Waals surface area contributed by atoms with Gasteiger partial charge in [0.05, 0.1) is 0 Å². The highest BCUT2D eigenvalue weighted by Gasteiger charge is 2.18. The molecule has 110 valence electrons. The predicted molar refractivity (Wildman–Crippen MR) is 78.9 cm³/mol. The SMILES string of the molecule is Cc1cccc(C)c1-c1cc(F)c(F)c(C(N)CC=O)c1. The number of aldehydes is 1. The van der Waals surface area contributed by atoms with Gasteiger partial charge in [-0.15, -0.1) is 0 Å². The monoisotopic (exact) mass is 289 g/mol. The third-order valence-corrected chi connectivity index (χ3v) is 3.58. The Kier molecular flexibility index (Phi) is 4.48. The minimum absolute atomic E-state index is 0.0275. The second-order valence-electron chi connectivity index (χ2n) is 5.14. The van der Waals surface area contributed by atoms with Gasteiger partial charge in [-0.2, -0.15) is 0 Å². The summed E-state index contributed by atoms with van der Waals surface area (Å²) in [5, 5.41) is 0. The molecule has 0 fully saturated rings. The van der Waals surface area contributed by atoms with Crippen LogP contribution in [-0.4, -0.2) is 6.29 Å². The molecule has 0 aliphatic heterocycles. The van der Waals surface area contributed by atoms with E-state index in [1.54, 1.807) is 0 Å². The number of hydrogen-bond donors (Lipinski definition) is 1. The maximum atomic E-state index is 13.9. The fourth-order valence-corrected chi connectivity index (χ4v) is 2.52. The molecule has 2 rings (SSSR count). The molecule has 21 heavy (non-hydrogen) atoms. The molecule has 2 aromatic rings. The molecular formula is C17H17F2NO. The molecule has 4 heteroatoms. The van der Waals surface area contributed by atoms with Gasteiger partial charge < -0.3 is 10.5 Å². The van der Waals surface area contributed by atoms with Crippen LogP contribution in [0.4, 0.5) is 8.78 Å². The van der Waals surface area contributed by atoms with Gasteiger partial charge in [0.15, 0.2) is 11.6 Å². The zero-order valence-electron chi connectivity index (χ0n) is 12.0. The molecule has 2 aromatic carbocycles. The maximum absolute atomic E-state index is 13.9. The smallest absolute Gasteiger partial charge is 0.163 e. The van der Waals surface area contributed by atoms with E-state index in [1.807, 2.05) is 32.0 Å². The molecule has 2 N–H and O–H groups in total. The summed E-state index contributed by atoms with van der Waals surface area (Å²) in [6.45, 7) is 3.82. The first kappa shape index (κ1) is 15.3. The summed E-state index contributed by atoms with van der Waals surface area (Å²) in [6.07, 6.45) is 0.556. The van der Waals surface area contributed by atoms with Crippen molar-refractivity contribution in [2.45, 2.75) is 26.3 Å². The number of aryl methyl sites for hydroxylation is 2. The fraction of sp³-hybridized carbons (Fsp3) is 0.235. The highest BCUT2D eigenvalue weighted by atomic mass is 19.2. The highest BCUT2D eigenvalue weighted by Crippen LogP contribution is 2.31. The highest BCUT2D eigenvalue weighted by molar-refractivity contribution is 5.71. The summed E-state index contributed by atoms with van der Waals surface area (Å²) >= 11 is 0. The maximum Gasteiger partial charge on any atom is 0.163 e. The van der Waals surface area contributed by atoms with Gasteiger partial charge in [0.2, 0.25) is 0 Å². The van der Waals surface area contributed by atoms with Crippen LogP contribution in [-0.2, 0) is 4.79 Å². The number of carbonyl (C=O) groups excluding carboxylic acids is 1. The van der Waals surface area contributed by atoms with Crippen molar-refractivity contribution in [3.8, 4) is 11.1 Å². The first-order chi connectivity index (χ1) is 9.95. The summed E-state index contributed by atoms with van der Waals surface area (Å²) < 4.78 is 27.8. The molecule has 1 unspecified atom stereocenters. The van der Waals surface area contributed by atoms with Crippen molar-refractivity contribution in [3.63, 3.8) is 0 Å². The van der Waals surface area contributed by atoms with E-state index in [0.29, 0.717) is 11.8 Å². The molecule has 0 heterocycles. The molecule has 0 saturated heterocycles. The van der Waals surface area contributed by atoms with Gasteiger partial charge in [-0.1, -0.05) is 18.2 Å². The molecule has 0 aromatic heterocycles. The average molecular weight is 289 g/mol. The van der Waals surface area contributed by atoms with Crippen molar-refractivity contribution in [1.82, 2.24) is 0 Å². The topological polar surface area (TPSA) is 43.1 Å². The zero-order valence-corrected chi connectivity index (χ0v) is 12.0. The van der Waals surface area contributed by atoms with Gasteiger partial charge in [-0.25, -0.2) is 8.78 Å². The number of benzene rings is 2. The van der Waals surface area contributed by atoms with Crippen molar-refractivity contribution in [2.75, 3.05) is 0 Å². The molecular weight excluding hydrogens is 272 g/mol. The normalized spacial score (nSPS) is 12.2. The minimum atomic E-state index is -0.987. The van der Waals surface area contributed by atoms with E-state index in [-0.39, 0.29) is 12.0 Å². The third-order valence-electron chi connectivity index (χ3n) is 3.58. The van der Waals surface area contributed by atoms with Crippen LogP contribution in [0.1, 0.15) is 29.2 Å². The lowest BCUT2D eigenvalue weighted by Gasteiger charge is -2.15. The molecule has 0 radical (unpaired) electrons. The van der Waals surface area contributed by atoms with Crippen LogP contribution in [0.15, 0.2) is 30.3 Å². The summed E-state index contributed by atoms with van der Waals surface area (Å²) in [4.78, 5) is 10.6. The molecule has 0 aliphatic rings. The van der Waals surface area contributed by atoms with E-state index in [0.717, 1.165) is 16.7 Å². The van der Waals surface area contributed by atoms with Crippen LogP contribution in [0, 0.1) is 25.5 Å². The summed E-state index contributed by atoms with van der Waals surface area (Å²) in [7, 11) is 0. The summed E-state index contributed by atoms with van der Waals surface area (Å²) in [5.41, 5.74) is 9.15. The number of carbonyl (C=O) groups is 1. The Morgan fingerprint density at radius 2 is 1.81 bits per heavy atom. The quantitative estimate of drug-likeness (QED) is 0.869. The average Bonchev–Trinajstić information content (AvgIpc) is 2.42. The van der Waals surface area contributed by atoms with Gasteiger partial charge in [0.1, 0.15) is 6.29 Å². The lowest BCUT2D eigenvalue weighted by Crippen LogP contribution is -2.14. The number of halogens is 2. The molecule has 0 bridgehead atoms. The van der Waals surface area contributed by atoms with Gasteiger partial charge in [0, 0.05) is 18.0 Å². The van der Waals surface area contributed by atoms with Crippen LogP contribution >= 0.6 is 0 Å². The molecule has 0 saturated carbocycles. The molecule has 0 spiro atoms. The van der Waals surface area contributed by atoms with Gasteiger partial charge in [-0.3, -0.25) is 0 Å². The first-order valence-electron chi connectivity index (χ1n) is 6.70. The van der Waals surface area contributed by atoms with Gasteiger partial charge >= 0.3 is 0 Å². The number of nitrogens with two attached hydrogens (primary N) is 1. The lowest BCUT2D eigenvalue weighted by atomic mass is 9.92. The summed E-state index contributed by atoms with van der Waals surface area (Å²) in [5.74, 6) is -1.94. The zero-order chi connectivity index (χ0) is 15.6. The van der Waals surface area contributed by atoms with Gasteiger partial charge in [0.25, 0.3) is 0 Å². The van der Waals surface area contributed by atoms with E-state index in [4.69, 9.17) is 5.73 Å². The minimum Gasteiger partial charge on any atom is -0.323 e. The van der Waals surface area contributed by atoms with Crippen molar-refractivity contribution in [2.24, 2.45) is 5.73 Å². The van der Waals surface area contributed by atoms with E-state index < -0.39 is 17.7 Å². The van der Waals surface area contributed by atoms with Crippen LogP contribution < -0.4 is 5.73 Å². The van der Waals surface area contributed by atoms with Crippen molar-refractivity contribution >= 4 is 6.29 Å². The fourth-order valence-electron chi connectivity index (χ4n) is 2.52. The Balaban J connectivity index is 2.63. The first-order valence-corrected chi connectivity index (χ1v) is 6.70. The molecule has 0 amide bonds. The van der Waals surface area contributed by atoms with Crippen LogP contribution in [0.25, 0.3) is 11.1 Å². The largest absolute Gasteiger partial charge is 0.323 e. The van der Waals surface area contributed by atoms with E-state index >= 15 is 0 Å². The van der Waals surface area contributed by atoms with Crippen LogP contribution in [0.5, 0.6) is 0 Å². The van der Waals surface area contributed by atoms with Crippen LogP contribution in [0.3, 0.4) is 0 Å². The Hall–Kier alpha value is -2.07. The second kappa shape index (κ2) is 6.14. The molecule has 2 nitrogen and oxygen atoms in total. The van der Waals surface area contributed by atoms with Gasteiger partial charge in [-0.05, 0) is 48.2 Å². The number of rotatable bonds is 4. The van der Waals surface area contributed by atoms with E-state index in [9.17, 15) is 13.6 Å². The molecule has 1 atom stereocenters. The lowest BCUT2D eigenvalue weighted by molar-refractivity contribution is -0.108. The Labute approximate surface area is 122 Å². The predicted octanol–water partition coefficient (Wildman–Crippen LogP) is 3.84. The second-order valence-corrected chi connectivity index (χ2v) is 5.14. The van der Waals surface area contributed by atoms with E-state index in [1.165, 1.54) is 12.1 Å². The standard InChI is InChI=1S/C17H17F2NO/c1-10-4-3-5-11(2)16(10)12-8-13(15(20)6-7-21)17(19)14(18)9-12/h3-5,7-9,15H,6,20H2,1-2H3. The Morgan fingerprint density at radius 1 is 1.19 bits per heavy atom. The Bertz CT molecular complexity index is 662. The summed E-state index contributed by atoms with van der Waals surface area (Å²) in [6, 6.07) is 7.58.